The first-order chi connectivity index (χ1) is 10.3. The molecule has 0 radical (unpaired) electrons. The SMILES string of the molecule is CCCCCCCCCCOC(C)(OCC)C(C)(O)C(=O)[O-]. The number of carbonyl (C=O) groups is 1. The second-order valence-corrected chi connectivity index (χ2v) is 6.06. The Bertz CT molecular complexity index is 303. The minimum absolute atomic E-state index is 0.247. The van der Waals surface area contributed by atoms with Gasteiger partial charge in [-0.3, -0.25) is 0 Å². The number of carboxylic acids is 1. The van der Waals surface area contributed by atoms with Crippen LogP contribution in [0.15, 0.2) is 0 Å². The van der Waals surface area contributed by atoms with E-state index in [0.717, 1.165) is 26.2 Å². The quantitative estimate of drug-likeness (QED) is 0.393. The van der Waals surface area contributed by atoms with E-state index >= 15 is 0 Å². The molecule has 0 heterocycles. The van der Waals surface area contributed by atoms with Crippen molar-refractivity contribution in [2.75, 3.05) is 13.2 Å². The molecule has 0 amide bonds. The molecule has 132 valence electrons. The van der Waals surface area contributed by atoms with Crippen LogP contribution in [0.5, 0.6) is 0 Å². The molecule has 1 N–H and O–H groups in total. The normalized spacial score (nSPS) is 17.0. The lowest BCUT2D eigenvalue weighted by Crippen LogP contribution is -2.63. The predicted octanol–water partition coefficient (Wildman–Crippen LogP) is 2.40. The lowest BCUT2D eigenvalue weighted by Gasteiger charge is -2.42. The molecule has 0 bridgehead atoms. The molecular formula is C17H33O5-. The van der Waals surface area contributed by atoms with E-state index in [9.17, 15) is 15.0 Å². The Hall–Kier alpha value is -0.650. The summed E-state index contributed by atoms with van der Waals surface area (Å²) in [6.07, 6.45) is 9.33. The number of rotatable bonds is 14. The van der Waals surface area contributed by atoms with Gasteiger partial charge in [-0.15, -0.1) is 0 Å². The van der Waals surface area contributed by atoms with E-state index in [1.165, 1.54) is 39.0 Å². The van der Waals surface area contributed by atoms with Crippen LogP contribution in [-0.4, -0.2) is 35.7 Å². The number of aliphatic hydroxyl groups is 1. The molecule has 22 heavy (non-hydrogen) atoms. The molecule has 2 unspecified atom stereocenters. The molecule has 0 fully saturated rings. The van der Waals surface area contributed by atoms with Crippen LogP contribution >= 0.6 is 0 Å². The molecule has 0 aromatic heterocycles. The largest absolute Gasteiger partial charge is 0.547 e. The highest BCUT2D eigenvalue weighted by atomic mass is 16.7. The Morgan fingerprint density at radius 2 is 1.45 bits per heavy atom. The number of aliphatic carboxylic acids is 1. The Morgan fingerprint density at radius 1 is 0.955 bits per heavy atom. The minimum Gasteiger partial charge on any atom is -0.547 e. The van der Waals surface area contributed by atoms with E-state index < -0.39 is 17.4 Å². The zero-order valence-corrected chi connectivity index (χ0v) is 14.7. The monoisotopic (exact) mass is 317 g/mol. The molecule has 0 aromatic rings. The van der Waals surface area contributed by atoms with Crippen molar-refractivity contribution >= 4 is 5.97 Å². The Morgan fingerprint density at radius 3 is 1.91 bits per heavy atom. The van der Waals surface area contributed by atoms with Crippen LogP contribution in [0.3, 0.4) is 0 Å². The third-order valence-corrected chi connectivity index (χ3v) is 4.08. The summed E-state index contributed by atoms with van der Waals surface area (Å²) in [5, 5.41) is 21.1. The van der Waals surface area contributed by atoms with E-state index in [-0.39, 0.29) is 6.61 Å². The van der Waals surface area contributed by atoms with E-state index in [1.54, 1.807) is 6.92 Å². The van der Waals surface area contributed by atoms with Crippen LogP contribution in [0.2, 0.25) is 0 Å². The van der Waals surface area contributed by atoms with Gasteiger partial charge in [-0.2, -0.15) is 0 Å². The summed E-state index contributed by atoms with van der Waals surface area (Å²) in [5.74, 6) is -3.19. The maximum atomic E-state index is 11.1. The molecule has 0 rings (SSSR count). The third-order valence-electron chi connectivity index (χ3n) is 4.08. The first kappa shape index (κ1) is 21.4. The van der Waals surface area contributed by atoms with E-state index in [4.69, 9.17) is 9.47 Å². The molecule has 5 nitrogen and oxygen atoms in total. The van der Waals surface area contributed by atoms with Gasteiger partial charge in [0.2, 0.25) is 0 Å². The van der Waals surface area contributed by atoms with Crippen molar-refractivity contribution in [1.29, 1.82) is 0 Å². The van der Waals surface area contributed by atoms with Gasteiger partial charge in [0, 0.05) is 6.61 Å². The van der Waals surface area contributed by atoms with Crippen LogP contribution in [-0.2, 0) is 14.3 Å². The van der Waals surface area contributed by atoms with Crippen molar-refractivity contribution in [3.8, 4) is 0 Å². The van der Waals surface area contributed by atoms with Crippen molar-refractivity contribution in [2.45, 2.75) is 90.4 Å². The highest BCUT2D eigenvalue weighted by Crippen LogP contribution is 2.28. The Kier molecular flexibility index (Phi) is 10.6. The summed E-state index contributed by atoms with van der Waals surface area (Å²) in [5.41, 5.74) is -2.19. The second-order valence-electron chi connectivity index (χ2n) is 6.06. The highest BCUT2D eigenvalue weighted by Gasteiger charge is 2.47. The molecule has 2 atom stereocenters. The zero-order chi connectivity index (χ0) is 17.1. The number of unbranched alkanes of at least 4 members (excludes halogenated alkanes) is 7. The molecule has 0 aliphatic carbocycles. The van der Waals surface area contributed by atoms with Crippen molar-refractivity contribution in [2.24, 2.45) is 0 Å². The van der Waals surface area contributed by atoms with Crippen LogP contribution < -0.4 is 5.11 Å². The van der Waals surface area contributed by atoms with Gasteiger partial charge < -0.3 is 24.5 Å². The highest BCUT2D eigenvalue weighted by molar-refractivity contribution is 5.75. The number of carboxylic acid groups (broad SMARTS) is 1. The van der Waals surface area contributed by atoms with Crippen molar-refractivity contribution in [3.63, 3.8) is 0 Å². The van der Waals surface area contributed by atoms with Gasteiger partial charge in [0.15, 0.2) is 11.4 Å². The second kappa shape index (κ2) is 11.0. The number of hydrogen-bond acceptors (Lipinski definition) is 5. The fourth-order valence-corrected chi connectivity index (χ4v) is 2.29. The minimum atomic E-state index is -2.19. The lowest BCUT2D eigenvalue weighted by atomic mass is 9.96. The fourth-order valence-electron chi connectivity index (χ4n) is 2.29. The molecular weight excluding hydrogens is 284 g/mol. The van der Waals surface area contributed by atoms with Gasteiger partial charge in [0.25, 0.3) is 0 Å². The number of ether oxygens (including phenoxy) is 2. The summed E-state index contributed by atoms with van der Waals surface area (Å²) >= 11 is 0. The van der Waals surface area contributed by atoms with Gasteiger partial charge >= 0.3 is 0 Å². The molecule has 0 saturated carbocycles. The summed E-state index contributed by atoms with van der Waals surface area (Å²) in [6.45, 7) is 7.12. The molecule has 0 aliphatic rings. The van der Waals surface area contributed by atoms with Crippen LogP contribution in [0.4, 0.5) is 0 Å². The van der Waals surface area contributed by atoms with Crippen molar-refractivity contribution in [1.82, 2.24) is 0 Å². The van der Waals surface area contributed by atoms with E-state index in [1.807, 2.05) is 0 Å². The molecule has 0 aromatic carbocycles. The molecule has 0 spiro atoms. The van der Waals surface area contributed by atoms with Gasteiger partial charge in [-0.25, -0.2) is 0 Å². The average Bonchev–Trinajstić information content (AvgIpc) is 2.45. The van der Waals surface area contributed by atoms with Crippen LogP contribution in [0, 0.1) is 0 Å². The van der Waals surface area contributed by atoms with E-state index in [0.29, 0.717) is 6.61 Å². The van der Waals surface area contributed by atoms with Crippen LogP contribution in [0.1, 0.15) is 79.1 Å². The summed E-state index contributed by atoms with van der Waals surface area (Å²) in [6, 6.07) is 0. The number of carbonyl (C=O) groups excluding carboxylic acids is 1. The molecule has 0 aliphatic heterocycles. The fraction of sp³-hybridized carbons (Fsp3) is 0.941. The smallest absolute Gasteiger partial charge is 0.199 e. The summed E-state index contributed by atoms with van der Waals surface area (Å²) < 4.78 is 10.9. The van der Waals surface area contributed by atoms with E-state index in [2.05, 4.69) is 6.92 Å². The first-order valence-corrected chi connectivity index (χ1v) is 8.53. The van der Waals surface area contributed by atoms with Gasteiger partial charge in [0.05, 0.1) is 12.6 Å². The maximum absolute atomic E-state index is 11.1. The van der Waals surface area contributed by atoms with Gasteiger partial charge in [-0.05, 0) is 27.2 Å². The lowest BCUT2D eigenvalue weighted by molar-refractivity contribution is -0.363. The van der Waals surface area contributed by atoms with Crippen molar-refractivity contribution in [3.05, 3.63) is 0 Å². The van der Waals surface area contributed by atoms with Crippen molar-refractivity contribution < 1.29 is 24.5 Å². The first-order valence-electron chi connectivity index (χ1n) is 8.53. The third kappa shape index (κ3) is 7.07. The Labute approximate surface area is 135 Å². The molecule has 0 saturated heterocycles. The van der Waals surface area contributed by atoms with Gasteiger partial charge in [0.1, 0.15) is 0 Å². The van der Waals surface area contributed by atoms with Crippen LogP contribution in [0.25, 0.3) is 0 Å². The summed E-state index contributed by atoms with van der Waals surface area (Å²) in [7, 11) is 0. The standard InChI is InChI=1S/C17H34O5/c1-5-7-8-9-10-11-12-13-14-22-17(4,21-6-2)16(3,20)15(18)19/h20H,5-14H2,1-4H3,(H,18,19)/p-1. The van der Waals surface area contributed by atoms with Gasteiger partial charge in [-0.1, -0.05) is 51.9 Å². The summed E-state index contributed by atoms with van der Waals surface area (Å²) in [4.78, 5) is 11.1. The maximum Gasteiger partial charge on any atom is 0.199 e. The zero-order valence-electron chi connectivity index (χ0n) is 14.7. The Balaban J connectivity index is 4.04. The average molecular weight is 317 g/mol. The topological polar surface area (TPSA) is 78.8 Å². The number of hydrogen-bond donors (Lipinski definition) is 1. The predicted molar refractivity (Wildman–Crippen MR) is 84.2 cm³/mol. The molecule has 5 heteroatoms.